The highest BCUT2D eigenvalue weighted by Gasteiger charge is 2.47. The van der Waals surface area contributed by atoms with Crippen molar-refractivity contribution in [1.29, 1.82) is 0 Å². The lowest BCUT2D eigenvalue weighted by Gasteiger charge is -2.47. The number of H-pyrrole nitrogens is 1. The van der Waals surface area contributed by atoms with E-state index in [0.717, 1.165) is 42.3 Å². The summed E-state index contributed by atoms with van der Waals surface area (Å²) < 4.78 is 27.5. The molecule has 3 aliphatic rings. The van der Waals surface area contributed by atoms with Crippen LogP contribution in [0.15, 0.2) is 42.7 Å². The van der Waals surface area contributed by atoms with Crippen molar-refractivity contribution in [2.45, 2.75) is 31.7 Å². The minimum atomic E-state index is -0.774. The molecule has 3 aromatic heterocycles. The lowest BCUT2D eigenvalue weighted by molar-refractivity contribution is -0.148. The molecule has 6 nitrogen and oxygen atoms in total. The molecule has 34 heavy (non-hydrogen) atoms. The number of benzene rings is 1. The molecule has 3 aliphatic carbocycles. The number of thiazole rings is 1. The summed E-state index contributed by atoms with van der Waals surface area (Å²) in [5, 5.41) is 14.7. The van der Waals surface area contributed by atoms with Gasteiger partial charge < -0.3 is 15.4 Å². The van der Waals surface area contributed by atoms with E-state index in [1.54, 1.807) is 18.3 Å². The first-order valence-corrected chi connectivity index (χ1v) is 12.2. The van der Waals surface area contributed by atoms with Gasteiger partial charge in [-0.15, -0.1) is 11.3 Å². The van der Waals surface area contributed by atoms with Gasteiger partial charge in [-0.25, -0.2) is 18.7 Å². The van der Waals surface area contributed by atoms with E-state index < -0.39 is 17.7 Å². The molecule has 0 spiro atoms. The molecule has 0 saturated heterocycles. The van der Waals surface area contributed by atoms with Crippen molar-refractivity contribution in [3.63, 3.8) is 0 Å². The second-order valence-electron chi connectivity index (χ2n) is 9.16. The topological polar surface area (TPSA) is 90.9 Å². The molecule has 4 aromatic rings. The molecule has 3 saturated carbocycles. The van der Waals surface area contributed by atoms with Gasteiger partial charge in [-0.05, 0) is 61.3 Å². The van der Waals surface area contributed by atoms with Crippen LogP contribution < -0.4 is 5.32 Å². The largest absolute Gasteiger partial charge is 0.481 e. The highest BCUT2D eigenvalue weighted by atomic mass is 32.1. The van der Waals surface area contributed by atoms with Gasteiger partial charge in [0.05, 0.1) is 17.0 Å². The first-order valence-electron chi connectivity index (χ1n) is 11.4. The zero-order chi connectivity index (χ0) is 23.4. The molecule has 3 heterocycles. The molecule has 9 heteroatoms. The van der Waals surface area contributed by atoms with E-state index in [9.17, 15) is 18.7 Å². The van der Waals surface area contributed by atoms with Crippen LogP contribution in [0.2, 0.25) is 0 Å². The minimum Gasteiger partial charge on any atom is -0.481 e. The van der Waals surface area contributed by atoms with Crippen LogP contribution in [-0.4, -0.2) is 32.1 Å². The van der Waals surface area contributed by atoms with Crippen molar-refractivity contribution in [2.75, 3.05) is 5.32 Å². The SMILES string of the molecule is O=C(O)[C@@H]1C(Nc2nc(-c3c[nH]c4ncc(F)cc34)sc2-c2ccc(F)cc2)[C@H]2CC[C@@H]1CC2. The van der Waals surface area contributed by atoms with Crippen LogP contribution in [0.1, 0.15) is 25.7 Å². The molecule has 3 fully saturated rings. The number of aromatic amines is 1. The van der Waals surface area contributed by atoms with Crippen LogP contribution in [0.25, 0.3) is 32.0 Å². The maximum Gasteiger partial charge on any atom is 0.308 e. The van der Waals surface area contributed by atoms with Gasteiger partial charge in [0.1, 0.15) is 28.1 Å². The van der Waals surface area contributed by atoms with Gasteiger partial charge in [0, 0.05) is 23.2 Å². The zero-order valence-electron chi connectivity index (χ0n) is 18.1. The van der Waals surface area contributed by atoms with Crippen LogP contribution in [0.4, 0.5) is 14.6 Å². The smallest absolute Gasteiger partial charge is 0.308 e. The van der Waals surface area contributed by atoms with E-state index in [1.807, 2.05) is 0 Å². The molecule has 0 aliphatic heterocycles. The van der Waals surface area contributed by atoms with Crippen LogP contribution in [0.5, 0.6) is 0 Å². The van der Waals surface area contributed by atoms with Gasteiger partial charge in [0.15, 0.2) is 0 Å². The number of aromatic nitrogens is 3. The third kappa shape index (κ3) is 3.55. The number of hydrogen-bond acceptors (Lipinski definition) is 5. The van der Waals surface area contributed by atoms with Crippen molar-refractivity contribution in [3.8, 4) is 21.0 Å². The third-order valence-corrected chi connectivity index (χ3v) is 8.41. The molecule has 0 amide bonds. The summed E-state index contributed by atoms with van der Waals surface area (Å²) in [7, 11) is 0. The number of nitrogens with one attached hydrogen (secondary N) is 2. The fourth-order valence-electron chi connectivity index (χ4n) is 5.66. The van der Waals surface area contributed by atoms with E-state index in [1.165, 1.54) is 29.5 Å². The van der Waals surface area contributed by atoms with Gasteiger partial charge in [0.25, 0.3) is 0 Å². The number of hydrogen-bond donors (Lipinski definition) is 3. The van der Waals surface area contributed by atoms with E-state index >= 15 is 0 Å². The summed E-state index contributed by atoms with van der Waals surface area (Å²) in [6, 6.07) is 7.37. The molecule has 2 bridgehead atoms. The summed E-state index contributed by atoms with van der Waals surface area (Å²) in [6.07, 6.45) is 6.80. The number of halogens is 2. The second-order valence-corrected chi connectivity index (χ2v) is 10.2. The number of fused-ring (bicyclic) bond motifs is 4. The maximum absolute atomic E-state index is 13.9. The Morgan fingerprint density at radius 3 is 2.56 bits per heavy atom. The van der Waals surface area contributed by atoms with E-state index in [-0.39, 0.29) is 23.7 Å². The lowest BCUT2D eigenvalue weighted by atomic mass is 9.61. The van der Waals surface area contributed by atoms with Crippen LogP contribution in [-0.2, 0) is 4.79 Å². The van der Waals surface area contributed by atoms with Gasteiger partial charge in [-0.2, -0.15) is 0 Å². The average Bonchev–Trinajstić information content (AvgIpc) is 3.44. The van der Waals surface area contributed by atoms with Crippen LogP contribution >= 0.6 is 11.3 Å². The number of rotatable bonds is 5. The summed E-state index contributed by atoms with van der Waals surface area (Å²) >= 11 is 1.40. The van der Waals surface area contributed by atoms with Crippen LogP contribution in [0, 0.1) is 29.4 Å². The summed E-state index contributed by atoms with van der Waals surface area (Å²) in [4.78, 5) is 25.0. The molecule has 174 valence electrons. The van der Waals surface area contributed by atoms with Gasteiger partial charge in [-0.1, -0.05) is 12.1 Å². The number of aliphatic carboxylic acids is 1. The molecule has 2 atom stereocenters. The maximum atomic E-state index is 13.9. The first kappa shape index (κ1) is 21.2. The standard InChI is InChI=1S/C25H22F2N4O2S/c26-15-7-5-14(6-8-15)21-23(30-20-13-3-1-12(2-4-13)19(20)25(32)33)31-24(34-21)18-11-29-22-17(18)9-16(27)10-28-22/h5-13,19-20,30H,1-4H2,(H,28,29)(H,32,33)/t12-,13+,19-,20?/m0/s1. The molecule has 3 N–H and O–H groups in total. The highest BCUT2D eigenvalue weighted by Crippen LogP contribution is 2.48. The molecular weight excluding hydrogens is 458 g/mol. The fourth-order valence-corrected chi connectivity index (χ4v) is 6.72. The second kappa shape index (κ2) is 8.16. The van der Waals surface area contributed by atoms with E-state index in [4.69, 9.17) is 4.98 Å². The molecular formula is C25H22F2N4O2S. The molecule has 1 aromatic carbocycles. The molecule has 7 rings (SSSR count). The Labute approximate surface area is 198 Å². The van der Waals surface area contributed by atoms with Gasteiger partial charge in [-0.3, -0.25) is 4.79 Å². The molecule has 1 unspecified atom stereocenters. The lowest BCUT2D eigenvalue weighted by Crippen LogP contribution is -2.51. The molecule has 0 radical (unpaired) electrons. The average molecular weight is 481 g/mol. The monoisotopic (exact) mass is 480 g/mol. The number of carboxylic acid groups (broad SMARTS) is 1. The van der Waals surface area contributed by atoms with E-state index in [0.29, 0.717) is 27.4 Å². The highest BCUT2D eigenvalue weighted by molar-refractivity contribution is 7.19. The van der Waals surface area contributed by atoms with E-state index in [2.05, 4.69) is 15.3 Å². The Bertz CT molecular complexity index is 1380. The quantitative estimate of drug-likeness (QED) is 0.329. The Morgan fingerprint density at radius 1 is 1.09 bits per heavy atom. The summed E-state index contributed by atoms with van der Waals surface area (Å²) in [6.45, 7) is 0. The zero-order valence-corrected chi connectivity index (χ0v) is 18.9. The van der Waals surface area contributed by atoms with Gasteiger partial charge in [0.2, 0.25) is 0 Å². The van der Waals surface area contributed by atoms with Crippen molar-refractivity contribution < 1.29 is 18.7 Å². The van der Waals surface area contributed by atoms with Crippen molar-refractivity contribution in [1.82, 2.24) is 15.0 Å². The normalized spacial score (nSPS) is 23.9. The number of pyridine rings is 1. The minimum absolute atomic E-state index is 0.162. The predicted octanol–water partition coefficient (Wildman–Crippen LogP) is 5.93. The summed E-state index contributed by atoms with van der Waals surface area (Å²) in [5.41, 5.74) is 2.05. The fraction of sp³-hybridized carbons (Fsp3) is 0.320. The number of anilines is 1. The van der Waals surface area contributed by atoms with Gasteiger partial charge >= 0.3 is 5.97 Å². The Kier molecular flexibility index (Phi) is 5.09. The Hall–Kier alpha value is -3.33. The Balaban J connectivity index is 1.45. The van der Waals surface area contributed by atoms with Crippen LogP contribution in [0.3, 0.4) is 0 Å². The predicted molar refractivity (Wildman–Crippen MR) is 127 cm³/mol. The van der Waals surface area contributed by atoms with Crippen molar-refractivity contribution in [3.05, 3.63) is 54.4 Å². The first-order chi connectivity index (χ1) is 16.5. The number of carboxylic acids is 1. The van der Waals surface area contributed by atoms with Crippen molar-refractivity contribution >= 4 is 34.2 Å². The summed E-state index contributed by atoms with van der Waals surface area (Å²) in [5.74, 6) is -1.01. The third-order valence-electron chi connectivity index (χ3n) is 7.27. The number of nitrogens with zero attached hydrogens (tertiary/aromatic N) is 2. The van der Waals surface area contributed by atoms with Crippen molar-refractivity contribution in [2.24, 2.45) is 17.8 Å². The Morgan fingerprint density at radius 2 is 1.82 bits per heavy atom. The number of carbonyl (C=O) groups is 1.